The smallest absolute Gasteiger partial charge is 0.186 e. The summed E-state index contributed by atoms with van der Waals surface area (Å²) in [6.07, 6.45) is 3.14. The van der Waals surface area contributed by atoms with E-state index in [2.05, 4.69) is 9.97 Å². The Balaban J connectivity index is 2.35. The van der Waals surface area contributed by atoms with Gasteiger partial charge in [-0.15, -0.1) is 0 Å². The molecular formula is C15H14N4O. The van der Waals surface area contributed by atoms with Gasteiger partial charge in [-0.2, -0.15) is 5.26 Å². The topological polar surface area (TPSA) is 69.9 Å². The normalized spacial score (nSPS) is 11.4. The molecule has 5 heteroatoms. The Kier molecular flexibility index (Phi) is 4.06. The van der Waals surface area contributed by atoms with Gasteiger partial charge in [0.2, 0.25) is 0 Å². The summed E-state index contributed by atoms with van der Waals surface area (Å²) < 4.78 is 0. The fraction of sp³-hybridized carbons (Fsp3) is 0.200. The van der Waals surface area contributed by atoms with Gasteiger partial charge >= 0.3 is 0 Å². The second-order valence-electron chi connectivity index (χ2n) is 4.48. The predicted octanol–water partition coefficient (Wildman–Crippen LogP) is 2.03. The largest absolute Gasteiger partial charge is 0.363 e. The van der Waals surface area contributed by atoms with Crippen molar-refractivity contribution in [2.75, 3.05) is 19.0 Å². The summed E-state index contributed by atoms with van der Waals surface area (Å²) in [5.74, 6) is -0.487. The highest BCUT2D eigenvalue weighted by Gasteiger charge is 2.23. The van der Waals surface area contributed by atoms with E-state index in [1.165, 1.54) is 0 Å². The van der Waals surface area contributed by atoms with Crippen molar-refractivity contribution in [3.63, 3.8) is 0 Å². The summed E-state index contributed by atoms with van der Waals surface area (Å²) in [6, 6.07) is 10.5. The van der Waals surface area contributed by atoms with Gasteiger partial charge in [0.05, 0.1) is 11.8 Å². The summed E-state index contributed by atoms with van der Waals surface area (Å²) in [6.45, 7) is 0. The van der Waals surface area contributed by atoms with Crippen molar-refractivity contribution < 1.29 is 4.79 Å². The Hall–Kier alpha value is -2.74. The zero-order chi connectivity index (χ0) is 14.5. The van der Waals surface area contributed by atoms with E-state index in [0.717, 1.165) is 0 Å². The quantitative estimate of drug-likeness (QED) is 0.792. The molecule has 2 heterocycles. The zero-order valence-corrected chi connectivity index (χ0v) is 11.3. The van der Waals surface area contributed by atoms with Gasteiger partial charge in [-0.1, -0.05) is 6.07 Å². The molecule has 0 aliphatic heterocycles. The molecule has 0 saturated carbocycles. The van der Waals surface area contributed by atoms with Crippen molar-refractivity contribution in [3.8, 4) is 6.07 Å². The van der Waals surface area contributed by atoms with Gasteiger partial charge in [-0.05, 0) is 24.3 Å². The lowest BCUT2D eigenvalue weighted by atomic mass is 9.96. The van der Waals surface area contributed by atoms with E-state index in [-0.39, 0.29) is 5.78 Å². The SMILES string of the molecule is CN(C)c1cc(C(=O)C(C#N)c2ccccn2)ccn1. The predicted molar refractivity (Wildman–Crippen MR) is 75.5 cm³/mol. The molecule has 20 heavy (non-hydrogen) atoms. The van der Waals surface area contributed by atoms with Gasteiger partial charge in [0, 0.05) is 32.1 Å². The number of nitriles is 1. The molecule has 1 unspecified atom stereocenters. The monoisotopic (exact) mass is 266 g/mol. The lowest BCUT2D eigenvalue weighted by Gasteiger charge is -2.13. The van der Waals surface area contributed by atoms with Crippen molar-refractivity contribution in [2.24, 2.45) is 0 Å². The van der Waals surface area contributed by atoms with Crippen LogP contribution in [0.2, 0.25) is 0 Å². The number of pyridine rings is 2. The number of carbonyl (C=O) groups excluding carboxylic acids is 1. The number of ketones is 1. The Bertz CT molecular complexity index is 646. The number of aromatic nitrogens is 2. The first kappa shape index (κ1) is 13.7. The zero-order valence-electron chi connectivity index (χ0n) is 11.3. The number of Topliss-reactive ketones (excluding diaryl/α,β-unsaturated/α-hetero) is 1. The molecule has 2 rings (SSSR count). The summed E-state index contributed by atoms with van der Waals surface area (Å²) >= 11 is 0. The third kappa shape index (κ3) is 2.81. The highest BCUT2D eigenvalue weighted by atomic mass is 16.1. The minimum absolute atomic E-state index is 0.267. The molecule has 0 saturated heterocycles. The van der Waals surface area contributed by atoms with E-state index in [1.54, 1.807) is 47.6 Å². The summed E-state index contributed by atoms with van der Waals surface area (Å²) in [4.78, 5) is 22.5. The fourth-order valence-corrected chi connectivity index (χ4v) is 1.79. The maximum absolute atomic E-state index is 12.4. The second-order valence-corrected chi connectivity index (χ2v) is 4.48. The molecule has 0 amide bonds. The third-order valence-corrected chi connectivity index (χ3v) is 2.86. The van der Waals surface area contributed by atoms with Crippen LogP contribution in [0.1, 0.15) is 22.0 Å². The lowest BCUT2D eigenvalue weighted by molar-refractivity contribution is 0.0977. The van der Waals surface area contributed by atoms with Crippen LogP contribution in [0, 0.1) is 11.3 Å². The molecule has 0 aliphatic rings. The van der Waals surface area contributed by atoms with E-state index in [9.17, 15) is 10.1 Å². The Morgan fingerprint density at radius 2 is 2.05 bits per heavy atom. The van der Waals surface area contributed by atoms with Crippen LogP contribution in [0.4, 0.5) is 5.82 Å². The summed E-state index contributed by atoms with van der Waals surface area (Å²) in [5, 5.41) is 9.25. The molecule has 1 atom stereocenters. The second kappa shape index (κ2) is 5.93. The van der Waals surface area contributed by atoms with Crippen LogP contribution in [0.3, 0.4) is 0 Å². The lowest BCUT2D eigenvalue weighted by Crippen LogP contribution is -2.15. The van der Waals surface area contributed by atoms with Crippen LogP contribution in [-0.4, -0.2) is 29.8 Å². The summed E-state index contributed by atoms with van der Waals surface area (Å²) in [5.41, 5.74) is 0.920. The van der Waals surface area contributed by atoms with E-state index < -0.39 is 5.92 Å². The van der Waals surface area contributed by atoms with Gasteiger partial charge in [0.1, 0.15) is 5.82 Å². The molecule has 0 radical (unpaired) electrons. The Morgan fingerprint density at radius 3 is 2.65 bits per heavy atom. The average Bonchev–Trinajstić information content (AvgIpc) is 2.49. The average molecular weight is 266 g/mol. The number of hydrogen-bond donors (Lipinski definition) is 0. The molecular weight excluding hydrogens is 252 g/mol. The molecule has 0 spiro atoms. The molecule has 0 aliphatic carbocycles. The molecule has 0 N–H and O–H groups in total. The number of rotatable bonds is 4. The van der Waals surface area contributed by atoms with E-state index in [0.29, 0.717) is 17.1 Å². The molecule has 100 valence electrons. The minimum Gasteiger partial charge on any atom is -0.363 e. The van der Waals surface area contributed by atoms with Gasteiger partial charge in [0.15, 0.2) is 11.7 Å². The third-order valence-electron chi connectivity index (χ3n) is 2.86. The van der Waals surface area contributed by atoms with Crippen molar-refractivity contribution in [2.45, 2.75) is 5.92 Å². The Labute approximate surface area is 117 Å². The highest BCUT2D eigenvalue weighted by molar-refractivity contribution is 6.02. The molecule has 0 bridgehead atoms. The van der Waals surface area contributed by atoms with Gasteiger partial charge in [-0.3, -0.25) is 9.78 Å². The maximum atomic E-state index is 12.4. The van der Waals surface area contributed by atoms with Crippen LogP contribution in [0.15, 0.2) is 42.7 Å². The number of anilines is 1. The van der Waals surface area contributed by atoms with Crippen LogP contribution >= 0.6 is 0 Å². The first-order chi connectivity index (χ1) is 9.63. The molecule has 5 nitrogen and oxygen atoms in total. The van der Waals surface area contributed by atoms with Crippen LogP contribution in [0.5, 0.6) is 0 Å². The molecule has 2 aromatic heterocycles. The van der Waals surface area contributed by atoms with Crippen molar-refractivity contribution >= 4 is 11.6 Å². The van der Waals surface area contributed by atoms with E-state index in [1.807, 2.05) is 20.2 Å². The van der Waals surface area contributed by atoms with Crippen molar-refractivity contribution in [3.05, 3.63) is 54.0 Å². The van der Waals surface area contributed by atoms with Crippen LogP contribution in [-0.2, 0) is 0 Å². The minimum atomic E-state index is -0.895. The molecule has 2 aromatic rings. The fourth-order valence-electron chi connectivity index (χ4n) is 1.79. The number of hydrogen-bond acceptors (Lipinski definition) is 5. The van der Waals surface area contributed by atoms with Gasteiger partial charge in [-0.25, -0.2) is 4.98 Å². The maximum Gasteiger partial charge on any atom is 0.186 e. The van der Waals surface area contributed by atoms with E-state index >= 15 is 0 Å². The Morgan fingerprint density at radius 1 is 1.25 bits per heavy atom. The van der Waals surface area contributed by atoms with Crippen molar-refractivity contribution in [1.29, 1.82) is 5.26 Å². The molecule has 0 aromatic carbocycles. The van der Waals surface area contributed by atoms with Gasteiger partial charge in [0.25, 0.3) is 0 Å². The standard InChI is InChI=1S/C15H14N4O/c1-19(2)14-9-11(6-8-18-14)15(20)12(10-16)13-5-3-4-7-17-13/h3-9,12H,1-2H3. The van der Waals surface area contributed by atoms with Crippen LogP contribution in [0.25, 0.3) is 0 Å². The molecule has 0 fully saturated rings. The highest BCUT2D eigenvalue weighted by Crippen LogP contribution is 2.20. The first-order valence-electron chi connectivity index (χ1n) is 6.11. The van der Waals surface area contributed by atoms with E-state index in [4.69, 9.17) is 0 Å². The van der Waals surface area contributed by atoms with Crippen LogP contribution < -0.4 is 4.90 Å². The number of nitrogens with zero attached hydrogens (tertiary/aromatic N) is 4. The summed E-state index contributed by atoms with van der Waals surface area (Å²) in [7, 11) is 3.69. The number of carbonyl (C=O) groups is 1. The van der Waals surface area contributed by atoms with Crippen molar-refractivity contribution in [1.82, 2.24) is 9.97 Å². The first-order valence-corrected chi connectivity index (χ1v) is 6.11. The van der Waals surface area contributed by atoms with Gasteiger partial charge < -0.3 is 4.90 Å².